The van der Waals surface area contributed by atoms with Gasteiger partial charge in [0.1, 0.15) is 11.6 Å². The van der Waals surface area contributed by atoms with Crippen molar-refractivity contribution in [3.05, 3.63) is 47.9 Å². The molecule has 3 rings (SSSR count). The summed E-state index contributed by atoms with van der Waals surface area (Å²) in [6.07, 6.45) is 3.45. The molecule has 2 aromatic heterocycles. The summed E-state index contributed by atoms with van der Waals surface area (Å²) in [5, 5.41) is 0. The molecule has 0 spiro atoms. The van der Waals surface area contributed by atoms with Gasteiger partial charge in [-0.25, -0.2) is 4.98 Å². The van der Waals surface area contributed by atoms with Crippen LogP contribution in [0, 0.1) is 6.92 Å². The van der Waals surface area contributed by atoms with Gasteiger partial charge in [-0.1, -0.05) is 0 Å². The third-order valence-electron chi connectivity index (χ3n) is 4.08. The summed E-state index contributed by atoms with van der Waals surface area (Å²) in [5.74, 6) is 1.72. The Hall–Kier alpha value is -2.63. The molecule has 0 radical (unpaired) electrons. The Kier molecular flexibility index (Phi) is 4.41. The zero-order chi connectivity index (χ0) is 16.2. The summed E-state index contributed by atoms with van der Waals surface area (Å²) in [4.78, 5) is 25.2. The van der Waals surface area contributed by atoms with Crippen LogP contribution in [-0.2, 0) is 0 Å². The maximum atomic E-state index is 12.6. The summed E-state index contributed by atoms with van der Waals surface area (Å²) >= 11 is 0. The van der Waals surface area contributed by atoms with E-state index < -0.39 is 0 Å². The number of ether oxygens (including phenoxy) is 1. The molecule has 1 aliphatic heterocycles. The largest absolute Gasteiger partial charge is 0.497 e. The number of rotatable bonds is 3. The molecule has 2 aromatic rings. The number of aryl methyl sites for hydroxylation is 1. The molecule has 0 aromatic carbocycles. The molecule has 120 valence electrons. The second kappa shape index (κ2) is 6.64. The van der Waals surface area contributed by atoms with Gasteiger partial charge >= 0.3 is 0 Å². The molecule has 0 saturated carbocycles. The lowest BCUT2D eigenvalue weighted by atomic mass is 10.1. The van der Waals surface area contributed by atoms with E-state index >= 15 is 0 Å². The fourth-order valence-electron chi connectivity index (χ4n) is 2.72. The highest BCUT2D eigenvalue weighted by atomic mass is 16.5. The van der Waals surface area contributed by atoms with Gasteiger partial charge in [-0.3, -0.25) is 9.78 Å². The molecule has 23 heavy (non-hydrogen) atoms. The first-order valence-corrected chi connectivity index (χ1v) is 7.65. The molecule has 1 aliphatic rings. The fraction of sp³-hybridized carbons (Fsp3) is 0.353. The van der Waals surface area contributed by atoms with Crippen LogP contribution < -0.4 is 9.64 Å². The quantitative estimate of drug-likeness (QED) is 0.864. The first-order valence-electron chi connectivity index (χ1n) is 7.65. The number of nitrogens with zero attached hydrogens (tertiary/aromatic N) is 4. The summed E-state index contributed by atoms with van der Waals surface area (Å²) in [6.45, 7) is 4.72. The van der Waals surface area contributed by atoms with Crippen LogP contribution in [0.5, 0.6) is 5.75 Å². The highest BCUT2D eigenvalue weighted by Crippen LogP contribution is 2.20. The van der Waals surface area contributed by atoms with Crippen LogP contribution >= 0.6 is 0 Å². The van der Waals surface area contributed by atoms with Gasteiger partial charge in [0.25, 0.3) is 5.91 Å². The summed E-state index contributed by atoms with van der Waals surface area (Å²) in [5.41, 5.74) is 1.45. The molecule has 6 heteroatoms. The summed E-state index contributed by atoms with van der Waals surface area (Å²) < 4.78 is 5.24. The zero-order valence-electron chi connectivity index (χ0n) is 13.4. The fourth-order valence-corrected chi connectivity index (χ4v) is 2.72. The minimum absolute atomic E-state index is 0.0499. The molecular weight excluding hydrogens is 292 g/mol. The Bertz CT molecular complexity index is 696. The van der Waals surface area contributed by atoms with Crippen LogP contribution in [0.15, 0.2) is 36.7 Å². The van der Waals surface area contributed by atoms with Crippen molar-refractivity contribution < 1.29 is 9.53 Å². The van der Waals surface area contributed by atoms with Crippen molar-refractivity contribution >= 4 is 11.7 Å². The number of piperazine rings is 1. The average molecular weight is 312 g/mol. The SMILES string of the molecule is COc1ccnc(N2CCN(C(=O)c3cccnc3C)CC2)c1. The van der Waals surface area contributed by atoms with E-state index in [9.17, 15) is 4.79 Å². The minimum atomic E-state index is 0.0499. The van der Waals surface area contributed by atoms with Crippen molar-refractivity contribution in [3.63, 3.8) is 0 Å². The molecule has 0 bridgehead atoms. The van der Waals surface area contributed by atoms with Crippen molar-refractivity contribution in [2.24, 2.45) is 0 Å². The van der Waals surface area contributed by atoms with E-state index in [0.29, 0.717) is 18.7 Å². The molecule has 3 heterocycles. The van der Waals surface area contributed by atoms with Gasteiger partial charge in [0.15, 0.2) is 0 Å². The van der Waals surface area contributed by atoms with Crippen molar-refractivity contribution in [1.29, 1.82) is 0 Å². The average Bonchev–Trinajstić information content (AvgIpc) is 2.62. The van der Waals surface area contributed by atoms with E-state index in [1.165, 1.54) is 0 Å². The molecule has 0 atom stereocenters. The molecule has 6 nitrogen and oxygen atoms in total. The number of hydrogen-bond acceptors (Lipinski definition) is 5. The van der Waals surface area contributed by atoms with Gasteiger partial charge < -0.3 is 14.5 Å². The van der Waals surface area contributed by atoms with E-state index in [2.05, 4.69) is 14.9 Å². The molecule has 1 saturated heterocycles. The van der Waals surface area contributed by atoms with E-state index in [0.717, 1.165) is 30.4 Å². The Labute approximate surface area is 135 Å². The monoisotopic (exact) mass is 312 g/mol. The first-order chi connectivity index (χ1) is 11.2. The summed E-state index contributed by atoms with van der Waals surface area (Å²) in [7, 11) is 1.64. The normalized spacial score (nSPS) is 14.7. The number of aromatic nitrogens is 2. The van der Waals surface area contributed by atoms with Crippen molar-refractivity contribution in [3.8, 4) is 5.75 Å². The molecule has 0 unspecified atom stereocenters. The maximum Gasteiger partial charge on any atom is 0.255 e. The Morgan fingerprint density at radius 2 is 1.91 bits per heavy atom. The van der Waals surface area contributed by atoms with Crippen molar-refractivity contribution in [2.45, 2.75) is 6.92 Å². The van der Waals surface area contributed by atoms with Gasteiger partial charge in [-0.2, -0.15) is 0 Å². The van der Waals surface area contributed by atoms with Gasteiger partial charge in [0, 0.05) is 50.3 Å². The predicted octanol–water partition coefficient (Wildman–Crippen LogP) is 1.76. The lowest BCUT2D eigenvalue weighted by molar-refractivity contribution is 0.0745. The number of carbonyl (C=O) groups is 1. The third-order valence-corrected chi connectivity index (χ3v) is 4.08. The standard InChI is InChI=1S/C17H20N4O2/c1-13-15(4-3-6-18-13)17(22)21-10-8-20(9-11-21)16-12-14(23-2)5-7-19-16/h3-7,12H,8-11H2,1-2H3. The lowest BCUT2D eigenvalue weighted by Gasteiger charge is -2.35. The van der Waals surface area contributed by atoms with Crippen LogP contribution in [0.3, 0.4) is 0 Å². The Morgan fingerprint density at radius 3 is 2.61 bits per heavy atom. The topological polar surface area (TPSA) is 58.6 Å². The molecular formula is C17H20N4O2. The second-order valence-electron chi connectivity index (χ2n) is 5.47. The van der Waals surface area contributed by atoms with Crippen LogP contribution in [0.1, 0.15) is 16.1 Å². The molecule has 0 aliphatic carbocycles. The number of methoxy groups -OCH3 is 1. The number of pyridine rings is 2. The molecule has 0 N–H and O–H groups in total. The zero-order valence-corrected chi connectivity index (χ0v) is 13.4. The Morgan fingerprint density at radius 1 is 1.13 bits per heavy atom. The van der Waals surface area contributed by atoms with Crippen LogP contribution in [0.4, 0.5) is 5.82 Å². The maximum absolute atomic E-state index is 12.6. The van der Waals surface area contributed by atoms with Crippen molar-refractivity contribution in [1.82, 2.24) is 14.9 Å². The smallest absolute Gasteiger partial charge is 0.255 e. The number of amides is 1. The first kappa shape index (κ1) is 15.3. The number of anilines is 1. The lowest BCUT2D eigenvalue weighted by Crippen LogP contribution is -2.49. The van der Waals surface area contributed by atoms with Gasteiger partial charge in [-0.15, -0.1) is 0 Å². The number of carbonyl (C=O) groups excluding carboxylic acids is 1. The second-order valence-corrected chi connectivity index (χ2v) is 5.47. The molecule has 1 amide bonds. The van der Waals surface area contributed by atoms with E-state index in [1.54, 1.807) is 25.6 Å². The third kappa shape index (κ3) is 3.26. The van der Waals surface area contributed by atoms with E-state index in [1.807, 2.05) is 30.0 Å². The van der Waals surface area contributed by atoms with Gasteiger partial charge in [0.2, 0.25) is 0 Å². The van der Waals surface area contributed by atoms with E-state index in [-0.39, 0.29) is 5.91 Å². The predicted molar refractivity (Wildman–Crippen MR) is 87.9 cm³/mol. The highest BCUT2D eigenvalue weighted by molar-refractivity contribution is 5.95. The number of hydrogen-bond donors (Lipinski definition) is 0. The van der Waals surface area contributed by atoms with Crippen molar-refractivity contribution in [2.75, 3.05) is 38.2 Å². The van der Waals surface area contributed by atoms with Gasteiger partial charge in [-0.05, 0) is 25.1 Å². The highest BCUT2D eigenvalue weighted by Gasteiger charge is 2.24. The summed E-state index contributed by atoms with van der Waals surface area (Å²) in [6, 6.07) is 7.38. The van der Waals surface area contributed by atoms with Crippen LogP contribution in [-0.4, -0.2) is 54.1 Å². The minimum Gasteiger partial charge on any atom is -0.497 e. The molecule has 1 fully saturated rings. The Balaban J connectivity index is 1.66. The van der Waals surface area contributed by atoms with Crippen LogP contribution in [0.2, 0.25) is 0 Å². The van der Waals surface area contributed by atoms with Gasteiger partial charge in [0.05, 0.1) is 12.7 Å². The van der Waals surface area contributed by atoms with E-state index in [4.69, 9.17) is 4.74 Å². The van der Waals surface area contributed by atoms with Crippen LogP contribution in [0.25, 0.3) is 0 Å².